The molecule has 4 nitrogen and oxygen atoms in total. The minimum atomic E-state index is 0.811. The number of benzene rings is 11. The molecular formula is C73H60N4. The molecule has 4 heteroatoms. The molecule has 0 aliphatic rings. The summed E-state index contributed by atoms with van der Waals surface area (Å²) in [5.74, 6) is 0. The monoisotopic (exact) mass is 992 g/mol. The summed E-state index contributed by atoms with van der Waals surface area (Å²) in [6.07, 6.45) is 5.37. The quantitative estimate of drug-likeness (QED) is 0.0843. The molecule has 0 bridgehead atoms. The highest BCUT2D eigenvalue weighted by atomic mass is 15.2. The Morgan fingerprint density at radius 3 is 0.792 bits per heavy atom. The average Bonchev–Trinajstić information content (AvgIpc) is 3.51. The molecule has 0 N–H and O–H groups in total. The minimum absolute atomic E-state index is 0.811. The third-order valence-corrected chi connectivity index (χ3v) is 14.0. The molecule has 0 atom stereocenters. The van der Waals surface area contributed by atoms with Gasteiger partial charge in [-0.3, -0.25) is 0 Å². The van der Waals surface area contributed by atoms with Gasteiger partial charge in [-0.1, -0.05) is 189 Å². The normalized spacial score (nSPS) is 11.5. The highest BCUT2D eigenvalue weighted by Crippen LogP contribution is 2.41. The van der Waals surface area contributed by atoms with Gasteiger partial charge in [0.1, 0.15) is 0 Å². The summed E-state index contributed by atoms with van der Waals surface area (Å²) in [4.78, 5) is 9.39. The second kappa shape index (κ2) is 23.5. The van der Waals surface area contributed by atoms with E-state index in [0.29, 0.717) is 0 Å². The number of hydrogen-bond donors (Lipinski definition) is 0. The Morgan fingerprint density at radius 1 is 0.247 bits per heavy atom. The summed E-state index contributed by atoms with van der Waals surface area (Å²) in [7, 11) is 0. The van der Waals surface area contributed by atoms with Crippen molar-refractivity contribution in [1.29, 1.82) is 0 Å². The van der Waals surface area contributed by atoms with E-state index in [-0.39, 0.29) is 0 Å². The van der Waals surface area contributed by atoms with Gasteiger partial charge in [0.25, 0.3) is 0 Å². The van der Waals surface area contributed by atoms with Gasteiger partial charge in [-0.25, -0.2) is 0 Å². The molecule has 11 rings (SSSR count). The van der Waals surface area contributed by atoms with Crippen molar-refractivity contribution in [3.8, 4) is 33.4 Å². The predicted octanol–water partition coefficient (Wildman–Crippen LogP) is 20.8. The van der Waals surface area contributed by atoms with Crippen molar-refractivity contribution in [2.24, 2.45) is 0 Å². The van der Waals surface area contributed by atoms with Crippen LogP contribution in [-0.4, -0.2) is 0 Å². The maximum Gasteiger partial charge on any atom is 0.0463 e. The van der Waals surface area contributed by atoms with Crippen LogP contribution in [0.1, 0.15) is 20.3 Å². The summed E-state index contributed by atoms with van der Waals surface area (Å²) in [6, 6.07) is 108. The number of hydrogen-bond acceptors (Lipinski definition) is 4. The first-order valence-electron chi connectivity index (χ1n) is 26.5. The topological polar surface area (TPSA) is 13.0 Å². The Labute approximate surface area is 454 Å². The molecule has 0 saturated heterocycles. The molecule has 0 saturated carbocycles. The van der Waals surface area contributed by atoms with Crippen LogP contribution in [0, 0.1) is 0 Å². The molecule has 0 spiro atoms. The van der Waals surface area contributed by atoms with E-state index in [0.717, 1.165) is 69.0 Å². The average molecular weight is 993 g/mol. The van der Waals surface area contributed by atoms with Crippen molar-refractivity contribution in [2.45, 2.75) is 20.3 Å². The fourth-order valence-corrected chi connectivity index (χ4v) is 10.1. The second-order valence-corrected chi connectivity index (χ2v) is 18.9. The number of para-hydroxylation sites is 3. The van der Waals surface area contributed by atoms with Crippen LogP contribution in [0.2, 0.25) is 0 Å². The van der Waals surface area contributed by atoms with E-state index in [1.165, 1.54) is 39.1 Å². The van der Waals surface area contributed by atoms with Crippen LogP contribution >= 0.6 is 0 Å². The SMILES string of the molecule is CC/C(=C\C=C(/C)N(c1ccc(N(c2ccccc2)c2ccc(-c3ccccc3)cc2)cc1)c1ccc(N(c2ccccc2)c2ccc(-c3ccccc3)cc2)cc1)N(c1ccccc1)c1ccc(-c2ccccc2)cc1. The molecular weight excluding hydrogens is 933 g/mol. The lowest BCUT2D eigenvalue weighted by molar-refractivity contribution is 1.01. The Kier molecular flexibility index (Phi) is 15.1. The molecule has 11 aromatic carbocycles. The fourth-order valence-electron chi connectivity index (χ4n) is 10.1. The first-order valence-corrected chi connectivity index (χ1v) is 26.5. The van der Waals surface area contributed by atoms with E-state index < -0.39 is 0 Å². The number of rotatable bonds is 17. The Balaban J connectivity index is 0.983. The highest BCUT2D eigenvalue weighted by Gasteiger charge is 2.19. The van der Waals surface area contributed by atoms with Crippen LogP contribution in [0.25, 0.3) is 33.4 Å². The molecule has 77 heavy (non-hydrogen) atoms. The van der Waals surface area contributed by atoms with Crippen LogP contribution in [0.15, 0.2) is 327 Å². The van der Waals surface area contributed by atoms with Crippen LogP contribution in [0.4, 0.5) is 56.9 Å². The lowest BCUT2D eigenvalue weighted by Crippen LogP contribution is -2.17. The van der Waals surface area contributed by atoms with E-state index >= 15 is 0 Å². The van der Waals surface area contributed by atoms with Crippen molar-refractivity contribution >= 4 is 56.9 Å². The zero-order chi connectivity index (χ0) is 52.2. The van der Waals surface area contributed by atoms with Gasteiger partial charge in [0.15, 0.2) is 0 Å². The van der Waals surface area contributed by atoms with Gasteiger partial charge in [0.05, 0.1) is 0 Å². The van der Waals surface area contributed by atoms with Crippen LogP contribution < -0.4 is 19.6 Å². The molecule has 0 aliphatic heterocycles. The summed E-state index contributed by atoms with van der Waals surface area (Å²) >= 11 is 0. The third-order valence-electron chi connectivity index (χ3n) is 14.0. The van der Waals surface area contributed by atoms with E-state index in [1.54, 1.807) is 0 Å². The van der Waals surface area contributed by atoms with Crippen molar-refractivity contribution in [1.82, 2.24) is 0 Å². The van der Waals surface area contributed by atoms with Gasteiger partial charge < -0.3 is 19.6 Å². The van der Waals surface area contributed by atoms with Gasteiger partial charge in [0, 0.05) is 68.3 Å². The second-order valence-electron chi connectivity index (χ2n) is 18.9. The lowest BCUT2D eigenvalue weighted by atomic mass is 10.0. The van der Waals surface area contributed by atoms with E-state index in [4.69, 9.17) is 0 Å². The lowest BCUT2D eigenvalue weighted by Gasteiger charge is -2.30. The van der Waals surface area contributed by atoms with Crippen LogP contribution in [0.5, 0.6) is 0 Å². The minimum Gasteiger partial charge on any atom is -0.315 e. The summed E-state index contributed by atoms with van der Waals surface area (Å²) < 4.78 is 0. The fraction of sp³-hybridized carbons (Fsp3) is 0.0411. The van der Waals surface area contributed by atoms with Gasteiger partial charge in [0.2, 0.25) is 0 Å². The van der Waals surface area contributed by atoms with E-state index in [9.17, 15) is 0 Å². The standard InChI is InChI=1S/C73H60N4/c1-3-63(75(64-28-16-7-17-29-64)69-42-35-60(36-43-69)57-22-10-4-11-23-57)41-34-56(2)74(67-48-52-72(53-49-67)76(65-30-18-8-19-31-65)70-44-37-61(38-45-70)58-24-12-5-13-25-58)68-50-54-73(55-51-68)77(66-32-20-9-21-33-66)71-46-39-62(40-47-71)59-26-14-6-15-27-59/h4-55H,3H2,1-2H3/b56-34+,63-41+. The maximum absolute atomic E-state index is 2.38. The third kappa shape index (κ3) is 11.3. The van der Waals surface area contributed by atoms with Gasteiger partial charge in [-0.2, -0.15) is 0 Å². The Bertz CT molecular complexity index is 3490. The van der Waals surface area contributed by atoms with Crippen molar-refractivity contribution in [2.75, 3.05) is 19.6 Å². The van der Waals surface area contributed by atoms with E-state index in [2.05, 4.69) is 349 Å². The summed E-state index contributed by atoms with van der Waals surface area (Å²) in [6.45, 7) is 4.45. The predicted molar refractivity (Wildman–Crippen MR) is 328 cm³/mol. The molecule has 11 aromatic rings. The zero-order valence-electron chi connectivity index (χ0n) is 43.5. The van der Waals surface area contributed by atoms with Crippen molar-refractivity contribution < 1.29 is 0 Å². The van der Waals surface area contributed by atoms with Gasteiger partial charge in [-0.15, -0.1) is 0 Å². The molecule has 372 valence electrons. The summed E-state index contributed by atoms with van der Waals surface area (Å²) in [5.41, 5.74) is 20.1. The number of anilines is 10. The molecule has 0 aromatic heterocycles. The number of allylic oxidation sites excluding steroid dienone is 4. The molecule has 0 fully saturated rings. The largest absolute Gasteiger partial charge is 0.315 e. The summed E-state index contributed by atoms with van der Waals surface area (Å²) in [5, 5.41) is 0. The first-order chi connectivity index (χ1) is 38.1. The van der Waals surface area contributed by atoms with Crippen LogP contribution in [-0.2, 0) is 0 Å². The van der Waals surface area contributed by atoms with Crippen LogP contribution in [0.3, 0.4) is 0 Å². The molecule has 0 aliphatic carbocycles. The molecule has 0 amide bonds. The van der Waals surface area contributed by atoms with Gasteiger partial charge in [-0.05, 0) is 180 Å². The molecule has 0 radical (unpaired) electrons. The number of nitrogens with zero attached hydrogens (tertiary/aromatic N) is 4. The molecule has 0 heterocycles. The smallest absolute Gasteiger partial charge is 0.0463 e. The Morgan fingerprint density at radius 2 is 0.468 bits per heavy atom. The maximum atomic E-state index is 2.38. The Hall–Kier alpha value is -9.90. The highest BCUT2D eigenvalue weighted by molar-refractivity contribution is 5.83. The zero-order valence-corrected chi connectivity index (χ0v) is 43.5. The first kappa shape index (κ1) is 49.3. The van der Waals surface area contributed by atoms with E-state index in [1.807, 2.05) is 0 Å². The van der Waals surface area contributed by atoms with Gasteiger partial charge >= 0.3 is 0 Å². The van der Waals surface area contributed by atoms with Crippen molar-refractivity contribution in [3.63, 3.8) is 0 Å². The van der Waals surface area contributed by atoms with Crippen molar-refractivity contribution in [3.05, 3.63) is 327 Å². The molecule has 0 unspecified atom stereocenters.